The molecular formula is C17H22N6O2S. The molecule has 0 amide bonds. The first-order valence-corrected chi connectivity index (χ1v) is 9.16. The number of nitrogens with two attached hydrogens (primary N) is 1. The predicted octanol–water partition coefficient (Wildman–Crippen LogP) is 2.85. The summed E-state index contributed by atoms with van der Waals surface area (Å²) >= 11 is 1.37. The molecule has 3 aromatic rings. The van der Waals surface area contributed by atoms with E-state index < -0.39 is 0 Å². The Bertz CT molecular complexity index is 866. The molecule has 0 aliphatic carbocycles. The summed E-state index contributed by atoms with van der Waals surface area (Å²) in [6.45, 7) is 8.53. The first kappa shape index (κ1) is 18.2. The Morgan fingerprint density at radius 1 is 1.19 bits per heavy atom. The van der Waals surface area contributed by atoms with Crippen LogP contribution in [0.15, 0.2) is 33.9 Å². The van der Waals surface area contributed by atoms with Crippen LogP contribution in [0, 0.1) is 6.92 Å². The molecule has 0 atom stereocenters. The molecule has 0 saturated heterocycles. The number of nitrogen functional groups attached to an aromatic ring is 1. The van der Waals surface area contributed by atoms with Crippen LogP contribution in [0.5, 0.6) is 5.75 Å². The van der Waals surface area contributed by atoms with Crippen LogP contribution in [0.3, 0.4) is 0 Å². The standard InChI is InChI=1S/C17H22N6O2S/c1-11-19-15(25-22-11)10-26-16-21-20-14(23(16)18)9-24-13-7-5-12(6-8-13)17(2,3)4/h5-8H,9-10,18H2,1-4H3. The summed E-state index contributed by atoms with van der Waals surface area (Å²) in [5, 5.41) is 12.5. The molecule has 138 valence electrons. The number of thioether (sulfide) groups is 1. The van der Waals surface area contributed by atoms with E-state index in [1.165, 1.54) is 22.0 Å². The maximum absolute atomic E-state index is 6.04. The van der Waals surface area contributed by atoms with Crippen LogP contribution in [-0.4, -0.2) is 25.0 Å². The number of aromatic nitrogens is 5. The molecule has 26 heavy (non-hydrogen) atoms. The topological polar surface area (TPSA) is 105 Å². The molecule has 2 aromatic heterocycles. The zero-order chi connectivity index (χ0) is 18.7. The predicted molar refractivity (Wildman–Crippen MR) is 98.2 cm³/mol. The van der Waals surface area contributed by atoms with Crippen LogP contribution in [0.1, 0.15) is 43.9 Å². The Morgan fingerprint density at radius 2 is 1.92 bits per heavy atom. The second-order valence-corrected chi connectivity index (χ2v) is 7.80. The van der Waals surface area contributed by atoms with E-state index in [2.05, 4.69) is 53.2 Å². The van der Waals surface area contributed by atoms with Gasteiger partial charge in [0.15, 0.2) is 11.6 Å². The minimum atomic E-state index is 0.110. The van der Waals surface area contributed by atoms with Gasteiger partial charge in [0.2, 0.25) is 11.0 Å². The number of benzene rings is 1. The van der Waals surface area contributed by atoms with Crippen molar-refractivity contribution in [3.63, 3.8) is 0 Å². The van der Waals surface area contributed by atoms with Crippen molar-refractivity contribution in [2.45, 2.75) is 50.6 Å². The van der Waals surface area contributed by atoms with Crippen molar-refractivity contribution in [3.05, 3.63) is 47.4 Å². The van der Waals surface area contributed by atoms with Crippen LogP contribution >= 0.6 is 11.8 Å². The largest absolute Gasteiger partial charge is 0.486 e. The average Bonchev–Trinajstić information content (AvgIpc) is 3.16. The van der Waals surface area contributed by atoms with Crippen molar-refractivity contribution in [3.8, 4) is 5.75 Å². The van der Waals surface area contributed by atoms with Crippen molar-refractivity contribution in [1.29, 1.82) is 0 Å². The Balaban J connectivity index is 1.58. The smallest absolute Gasteiger partial charge is 0.237 e. The summed E-state index contributed by atoms with van der Waals surface area (Å²) < 4.78 is 12.2. The summed E-state index contributed by atoms with van der Waals surface area (Å²) in [6, 6.07) is 8.03. The second-order valence-electron chi connectivity index (χ2n) is 6.86. The van der Waals surface area contributed by atoms with E-state index in [0.717, 1.165) is 5.75 Å². The van der Waals surface area contributed by atoms with Crippen LogP contribution in [0.25, 0.3) is 0 Å². The minimum absolute atomic E-state index is 0.110. The highest BCUT2D eigenvalue weighted by Gasteiger charge is 2.15. The number of rotatable bonds is 6. The maximum atomic E-state index is 6.04. The number of aryl methyl sites for hydroxylation is 1. The number of hydrogen-bond acceptors (Lipinski definition) is 8. The van der Waals surface area contributed by atoms with Crippen molar-refractivity contribution >= 4 is 11.8 Å². The molecule has 9 heteroatoms. The molecule has 0 saturated carbocycles. The number of hydrogen-bond donors (Lipinski definition) is 1. The van der Waals surface area contributed by atoms with Gasteiger partial charge in [0.25, 0.3) is 0 Å². The number of nitrogens with zero attached hydrogens (tertiary/aromatic N) is 5. The highest BCUT2D eigenvalue weighted by molar-refractivity contribution is 7.98. The second kappa shape index (κ2) is 7.36. The fourth-order valence-corrected chi connectivity index (χ4v) is 2.94. The van der Waals surface area contributed by atoms with Gasteiger partial charge < -0.3 is 15.1 Å². The Morgan fingerprint density at radius 3 is 2.54 bits per heavy atom. The van der Waals surface area contributed by atoms with Gasteiger partial charge in [-0.3, -0.25) is 0 Å². The van der Waals surface area contributed by atoms with E-state index in [-0.39, 0.29) is 12.0 Å². The molecule has 0 bridgehead atoms. The van der Waals surface area contributed by atoms with Gasteiger partial charge in [-0.05, 0) is 30.0 Å². The highest BCUT2D eigenvalue weighted by atomic mass is 32.2. The monoisotopic (exact) mass is 374 g/mol. The van der Waals surface area contributed by atoms with Crippen LogP contribution in [-0.2, 0) is 17.8 Å². The summed E-state index contributed by atoms with van der Waals surface area (Å²) in [6.07, 6.45) is 0. The molecule has 0 fully saturated rings. The molecule has 0 spiro atoms. The zero-order valence-electron chi connectivity index (χ0n) is 15.3. The number of ether oxygens (including phenoxy) is 1. The molecule has 8 nitrogen and oxygen atoms in total. The third kappa shape index (κ3) is 4.34. The van der Waals surface area contributed by atoms with Gasteiger partial charge in [0, 0.05) is 0 Å². The average molecular weight is 374 g/mol. The highest BCUT2D eigenvalue weighted by Crippen LogP contribution is 2.25. The lowest BCUT2D eigenvalue weighted by molar-refractivity contribution is 0.291. The SMILES string of the molecule is Cc1noc(CSc2nnc(COc3ccc(C(C)(C)C)cc3)n2N)n1. The molecule has 0 aliphatic heterocycles. The van der Waals surface area contributed by atoms with Gasteiger partial charge in [-0.1, -0.05) is 49.8 Å². The molecule has 2 heterocycles. The van der Waals surface area contributed by atoms with Crippen molar-refractivity contribution in [2.75, 3.05) is 5.84 Å². The van der Waals surface area contributed by atoms with Gasteiger partial charge >= 0.3 is 0 Å². The van der Waals surface area contributed by atoms with Gasteiger partial charge in [0.1, 0.15) is 12.4 Å². The van der Waals surface area contributed by atoms with E-state index in [1.807, 2.05) is 12.1 Å². The van der Waals surface area contributed by atoms with E-state index in [0.29, 0.717) is 28.4 Å². The molecule has 0 unspecified atom stereocenters. The summed E-state index contributed by atoms with van der Waals surface area (Å²) in [5.74, 6) is 8.94. The van der Waals surface area contributed by atoms with Crippen molar-refractivity contribution < 1.29 is 9.26 Å². The fraction of sp³-hybridized carbons (Fsp3) is 0.412. The molecule has 0 aliphatic rings. The van der Waals surface area contributed by atoms with Gasteiger partial charge in [0.05, 0.1) is 5.75 Å². The fourth-order valence-electron chi connectivity index (χ4n) is 2.23. The van der Waals surface area contributed by atoms with Crippen molar-refractivity contribution in [1.82, 2.24) is 25.0 Å². The molecule has 2 N–H and O–H groups in total. The van der Waals surface area contributed by atoms with Gasteiger partial charge in [-0.2, -0.15) is 4.98 Å². The Labute approximate surface area is 156 Å². The lowest BCUT2D eigenvalue weighted by atomic mass is 9.87. The summed E-state index contributed by atoms with van der Waals surface area (Å²) in [4.78, 5) is 4.14. The van der Waals surface area contributed by atoms with E-state index in [4.69, 9.17) is 15.1 Å². The van der Waals surface area contributed by atoms with Gasteiger partial charge in [-0.25, -0.2) is 4.68 Å². The Hall–Kier alpha value is -2.55. The Kier molecular flexibility index (Phi) is 5.17. The lowest BCUT2D eigenvalue weighted by Crippen LogP contribution is -2.16. The summed E-state index contributed by atoms with van der Waals surface area (Å²) in [5.41, 5.74) is 1.36. The van der Waals surface area contributed by atoms with E-state index >= 15 is 0 Å². The first-order valence-electron chi connectivity index (χ1n) is 8.17. The molecule has 3 rings (SSSR count). The van der Waals surface area contributed by atoms with Crippen LogP contribution in [0.2, 0.25) is 0 Å². The lowest BCUT2D eigenvalue weighted by Gasteiger charge is -2.19. The quantitative estimate of drug-likeness (QED) is 0.519. The minimum Gasteiger partial charge on any atom is -0.486 e. The maximum Gasteiger partial charge on any atom is 0.237 e. The molecule has 1 aromatic carbocycles. The molecular weight excluding hydrogens is 352 g/mol. The summed E-state index contributed by atoms with van der Waals surface area (Å²) in [7, 11) is 0. The third-order valence-electron chi connectivity index (χ3n) is 3.72. The zero-order valence-corrected chi connectivity index (χ0v) is 16.1. The first-order chi connectivity index (χ1) is 12.3. The normalized spacial score (nSPS) is 11.7. The van der Waals surface area contributed by atoms with Gasteiger partial charge in [-0.15, -0.1) is 10.2 Å². The van der Waals surface area contributed by atoms with Crippen LogP contribution in [0.4, 0.5) is 0 Å². The van der Waals surface area contributed by atoms with E-state index in [9.17, 15) is 0 Å². The van der Waals surface area contributed by atoms with Crippen molar-refractivity contribution in [2.24, 2.45) is 0 Å². The van der Waals surface area contributed by atoms with E-state index in [1.54, 1.807) is 6.92 Å². The van der Waals surface area contributed by atoms with Crippen LogP contribution < -0.4 is 10.6 Å². The molecule has 0 radical (unpaired) electrons. The third-order valence-corrected chi connectivity index (χ3v) is 4.65.